The summed E-state index contributed by atoms with van der Waals surface area (Å²) in [6.07, 6.45) is 7.32. The van der Waals surface area contributed by atoms with Crippen LogP contribution in [-0.2, 0) is 9.53 Å². The van der Waals surface area contributed by atoms with Crippen LogP contribution >= 0.6 is 0 Å². The summed E-state index contributed by atoms with van der Waals surface area (Å²) in [6.45, 7) is 2.96. The van der Waals surface area contributed by atoms with Crippen LogP contribution in [0, 0.1) is 0 Å². The van der Waals surface area contributed by atoms with Crippen LogP contribution < -0.4 is 5.32 Å². The van der Waals surface area contributed by atoms with Crippen molar-refractivity contribution in [1.29, 1.82) is 0 Å². The molecule has 4 aliphatic rings. The Kier molecular flexibility index (Phi) is 4.70. The van der Waals surface area contributed by atoms with Gasteiger partial charge in [-0.1, -0.05) is 0 Å². The SMILES string of the molecule is O=C1COC2CCN(C(=O)N3CCC(c4ccnc(C5CC5)c4)CC3)CC2N1. The van der Waals surface area contributed by atoms with Crippen LogP contribution in [0.2, 0.25) is 0 Å². The predicted molar refractivity (Wildman–Crippen MR) is 103 cm³/mol. The van der Waals surface area contributed by atoms with Gasteiger partial charge in [0.25, 0.3) is 0 Å². The van der Waals surface area contributed by atoms with E-state index in [1.165, 1.54) is 24.1 Å². The minimum Gasteiger partial charge on any atom is -0.366 e. The zero-order chi connectivity index (χ0) is 19.1. The molecule has 7 nitrogen and oxygen atoms in total. The van der Waals surface area contributed by atoms with E-state index in [9.17, 15) is 9.59 Å². The summed E-state index contributed by atoms with van der Waals surface area (Å²) >= 11 is 0. The summed E-state index contributed by atoms with van der Waals surface area (Å²) < 4.78 is 5.59. The van der Waals surface area contributed by atoms with Gasteiger partial charge >= 0.3 is 6.03 Å². The van der Waals surface area contributed by atoms with Crippen molar-refractivity contribution in [3.63, 3.8) is 0 Å². The van der Waals surface area contributed by atoms with Gasteiger partial charge < -0.3 is 19.9 Å². The molecule has 28 heavy (non-hydrogen) atoms. The van der Waals surface area contributed by atoms with Gasteiger partial charge in [0.1, 0.15) is 6.61 Å². The Labute approximate surface area is 165 Å². The van der Waals surface area contributed by atoms with Crippen molar-refractivity contribution in [2.45, 2.75) is 56.1 Å². The molecule has 1 saturated carbocycles. The second-order valence-electron chi connectivity index (χ2n) is 8.59. The lowest BCUT2D eigenvalue weighted by molar-refractivity contribution is -0.139. The molecule has 4 fully saturated rings. The smallest absolute Gasteiger partial charge is 0.320 e. The Hall–Kier alpha value is -2.15. The largest absolute Gasteiger partial charge is 0.366 e. The summed E-state index contributed by atoms with van der Waals surface area (Å²) in [5.74, 6) is 1.11. The molecule has 1 aliphatic carbocycles. The number of amides is 3. The first-order valence-electron chi connectivity index (χ1n) is 10.6. The van der Waals surface area contributed by atoms with Gasteiger partial charge in [-0.2, -0.15) is 0 Å². The maximum atomic E-state index is 13.0. The zero-order valence-corrected chi connectivity index (χ0v) is 16.2. The number of nitrogens with zero attached hydrogens (tertiary/aromatic N) is 3. The van der Waals surface area contributed by atoms with E-state index in [2.05, 4.69) is 22.4 Å². The quantitative estimate of drug-likeness (QED) is 0.844. The number of hydrogen-bond acceptors (Lipinski definition) is 4. The van der Waals surface area contributed by atoms with Crippen LogP contribution in [-0.4, -0.2) is 71.7 Å². The number of piperidine rings is 2. The lowest BCUT2D eigenvalue weighted by Crippen LogP contribution is -2.62. The number of hydrogen-bond donors (Lipinski definition) is 1. The van der Waals surface area contributed by atoms with Gasteiger partial charge in [-0.15, -0.1) is 0 Å². The van der Waals surface area contributed by atoms with Crippen LogP contribution in [0.1, 0.15) is 55.2 Å². The Bertz CT molecular complexity index is 758. The molecule has 7 heteroatoms. The molecule has 1 N–H and O–H groups in total. The third-order valence-electron chi connectivity index (χ3n) is 6.63. The first-order chi connectivity index (χ1) is 13.7. The normalized spacial score (nSPS) is 28.6. The Morgan fingerprint density at radius 2 is 1.86 bits per heavy atom. The fraction of sp³-hybridized carbons (Fsp3) is 0.667. The Balaban J connectivity index is 1.17. The van der Waals surface area contributed by atoms with Crippen molar-refractivity contribution in [2.24, 2.45) is 0 Å². The zero-order valence-electron chi connectivity index (χ0n) is 16.2. The molecule has 3 amide bonds. The summed E-state index contributed by atoms with van der Waals surface area (Å²) in [5.41, 5.74) is 2.63. The minimum absolute atomic E-state index is 0.0415. The average Bonchev–Trinajstić information content (AvgIpc) is 3.58. The number of aromatic nitrogens is 1. The van der Waals surface area contributed by atoms with Crippen LogP contribution in [0.5, 0.6) is 0 Å². The van der Waals surface area contributed by atoms with Crippen molar-refractivity contribution in [2.75, 3.05) is 32.8 Å². The second kappa shape index (κ2) is 7.35. The van der Waals surface area contributed by atoms with Crippen LogP contribution in [0.3, 0.4) is 0 Å². The molecule has 0 spiro atoms. The van der Waals surface area contributed by atoms with E-state index >= 15 is 0 Å². The van der Waals surface area contributed by atoms with Gasteiger partial charge in [-0.05, 0) is 55.7 Å². The van der Waals surface area contributed by atoms with Crippen LogP contribution in [0.25, 0.3) is 0 Å². The number of urea groups is 1. The maximum Gasteiger partial charge on any atom is 0.320 e. The van der Waals surface area contributed by atoms with Gasteiger partial charge in [0, 0.05) is 44.0 Å². The fourth-order valence-corrected chi connectivity index (χ4v) is 4.80. The number of morpholine rings is 1. The van der Waals surface area contributed by atoms with Crippen molar-refractivity contribution in [3.8, 4) is 0 Å². The molecular formula is C21H28N4O3. The molecule has 2 atom stereocenters. The number of pyridine rings is 1. The van der Waals surface area contributed by atoms with E-state index in [-0.39, 0.29) is 30.7 Å². The summed E-state index contributed by atoms with van der Waals surface area (Å²) in [7, 11) is 0. The number of carbonyl (C=O) groups excluding carboxylic acids is 2. The fourth-order valence-electron chi connectivity index (χ4n) is 4.80. The molecule has 2 unspecified atom stereocenters. The Morgan fingerprint density at radius 3 is 2.64 bits per heavy atom. The van der Waals surface area contributed by atoms with Crippen molar-refractivity contribution in [3.05, 3.63) is 29.6 Å². The van der Waals surface area contributed by atoms with E-state index in [0.717, 1.165) is 32.4 Å². The molecule has 0 radical (unpaired) electrons. The number of rotatable bonds is 2. The first kappa shape index (κ1) is 17.9. The second-order valence-corrected chi connectivity index (χ2v) is 8.59. The van der Waals surface area contributed by atoms with Crippen LogP contribution in [0.4, 0.5) is 4.79 Å². The van der Waals surface area contributed by atoms with Crippen LogP contribution in [0.15, 0.2) is 18.3 Å². The van der Waals surface area contributed by atoms with Gasteiger partial charge in [0.2, 0.25) is 5.91 Å². The number of ether oxygens (including phenoxy) is 1. The lowest BCUT2D eigenvalue weighted by Gasteiger charge is -2.43. The first-order valence-corrected chi connectivity index (χ1v) is 10.6. The van der Waals surface area contributed by atoms with Crippen molar-refractivity contribution < 1.29 is 14.3 Å². The van der Waals surface area contributed by atoms with E-state index in [4.69, 9.17) is 4.74 Å². The topological polar surface area (TPSA) is 74.8 Å². The standard InChI is InChI=1S/C21H28N4O3/c26-20-13-28-19-6-10-25(12-18(19)23-20)21(27)24-8-4-14(5-9-24)16-3-7-22-17(11-16)15-1-2-15/h3,7,11,14-15,18-19H,1-2,4-6,8-10,12-13H2,(H,23,26). The number of carbonyl (C=O) groups is 2. The molecule has 0 bridgehead atoms. The highest BCUT2D eigenvalue weighted by Crippen LogP contribution is 2.40. The van der Waals surface area contributed by atoms with E-state index in [0.29, 0.717) is 24.9 Å². The molecular weight excluding hydrogens is 356 g/mol. The number of nitrogens with one attached hydrogen (secondary N) is 1. The van der Waals surface area contributed by atoms with Gasteiger partial charge in [-0.25, -0.2) is 4.79 Å². The monoisotopic (exact) mass is 384 g/mol. The maximum absolute atomic E-state index is 13.0. The molecule has 1 aromatic heterocycles. The molecule has 1 aromatic rings. The predicted octanol–water partition coefficient (Wildman–Crippen LogP) is 1.85. The molecule has 5 rings (SSSR count). The summed E-state index contributed by atoms with van der Waals surface area (Å²) in [4.78, 5) is 33.0. The molecule has 4 heterocycles. The highest BCUT2D eigenvalue weighted by Gasteiger charge is 2.38. The minimum atomic E-state index is -0.0840. The van der Waals surface area contributed by atoms with Gasteiger partial charge in [-0.3, -0.25) is 9.78 Å². The van der Waals surface area contributed by atoms with E-state index in [1.54, 1.807) is 0 Å². The lowest BCUT2D eigenvalue weighted by atomic mass is 9.89. The van der Waals surface area contributed by atoms with E-state index in [1.807, 2.05) is 16.0 Å². The molecule has 150 valence electrons. The highest BCUT2D eigenvalue weighted by molar-refractivity contribution is 5.79. The summed E-state index contributed by atoms with van der Waals surface area (Å²) in [5, 5.41) is 2.97. The average molecular weight is 384 g/mol. The third kappa shape index (κ3) is 3.60. The van der Waals surface area contributed by atoms with Crippen molar-refractivity contribution in [1.82, 2.24) is 20.1 Å². The van der Waals surface area contributed by atoms with E-state index < -0.39 is 0 Å². The Morgan fingerprint density at radius 1 is 1.07 bits per heavy atom. The molecule has 3 aliphatic heterocycles. The third-order valence-corrected chi connectivity index (χ3v) is 6.63. The van der Waals surface area contributed by atoms with Gasteiger partial charge in [0.05, 0.1) is 12.1 Å². The molecule has 3 saturated heterocycles. The number of likely N-dealkylation sites (tertiary alicyclic amines) is 2. The van der Waals surface area contributed by atoms with Gasteiger partial charge in [0.15, 0.2) is 0 Å². The number of fused-ring (bicyclic) bond motifs is 1. The molecule has 0 aromatic carbocycles. The van der Waals surface area contributed by atoms with Crippen molar-refractivity contribution >= 4 is 11.9 Å². The summed E-state index contributed by atoms with van der Waals surface area (Å²) in [6, 6.07) is 4.46. The highest BCUT2D eigenvalue weighted by atomic mass is 16.5.